The van der Waals surface area contributed by atoms with Crippen molar-refractivity contribution in [1.29, 1.82) is 0 Å². The number of nitrogens with zero attached hydrogens (tertiary/aromatic N) is 1. The highest BCUT2D eigenvalue weighted by Crippen LogP contribution is 2.42. The van der Waals surface area contributed by atoms with Crippen molar-refractivity contribution in [2.45, 2.75) is 63.4 Å². The molecule has 0 unspecified atom stereocenters. The Bertz CT molecular complexity index is 281. The Hall–Kier alpha value is -0.160. The van der Waals surface area contributed by atoms with Crippen molar-refractivity contribution in [3.05, 3.63) is 0 Å². The van der Waals surface area contributed by atoms with Crippen molar-refractivity contribution < 1.29 is 14.6 Å². The summed E-state index contributed by atoms with van der Waals surface area (Å²) in [6, 6.07) is 0.595. The smallest absolute Gasteiger partial charge is 0.163 e. The van der Waals surface area contributed by atoms with Crippen molar-refractivity contribution in [3.63, 3.8) is 0 Å². The highest BCUT2D eigenvalue weighted by atomic mass is 16.8. The summed E-state index contributed by atoms with van der Waals surface area (Å²) in [7, 11) is 0. The lowest BCUT2D eigenvalue weighted by atomic mass is 10.1. The maximum Gasteiger partial charge on any atom is 0.163 e. The van der Waals surface area contributed by atoms with E-state index in [4.69, 9.17) is 9.47 Å². The van der Waals surface area contributed by atoms with Gasteiger partial charge in [0.2, 0.25) is 0 Å². The molecular formula is C11H19NO3. The van der Waals surface area contributed by atoms with Crippen molar-refractivity contribution in [2.24, 2.45) is 0 Å². The number of hydrogen-bond donors (Lipinski definition) is 1. The van der Waals surface area contributed by atoms with E-state index in [1.807, 2.05) is 13.8 Å². The summed E-state index contributed by atoms with van der Waals surface area (Å²) in [4.78, 5) is 2.33. The highest BCUT2D eigenvalue weighted by Gasteiger charge is 2.57. The molecule has 3 saturated heterocycles. The summed E-state index contributed by atoms with van der Waals surface area (Å²) in [6.45, 7) is 6.91. The molecule has 0 radical (unpaired) electrons. The fourth-order valence-corrected chi connectivity index (χ4v) is 3.27. The molecular weight excluding hydrogens is 194 g/mol. The lowest BCUT2D eigenvalue weighted by Gasteiger charge is -2.26. The predicted octanol–water partition coefficient (Wildman–Crippen LogP) is 0.344. The van der Waals surface area contributed by atoms with Crippen LogP contribution in [0.1, 0.15) is 27.2 Å². The van der Waals surface area contributed by atoms with Gasteiger partial charge in [0.05, 0.1) is 6.10 Å². The first-order valence-corrected chi connectivity index (χ1v) is 5.77. The van der Waals surface area contributed by atoms with Crippen LogP contribution in [-0.2, 0) is 9.47 Å². The van der Waals surface area contributed by atoms with Crippen LogP contribution in [0.5, 0.6) is 0 Å². The molecule has 4 heteroatoms. The van der Waals surface area contributed by atoms with Gasteiger partial charge in [-0.05, 0) is 27.2 Å². The molecule has 15 heavy (non-hydrogen) atoms. The normalized spacial score (nSPS) is 53.2. The van der Waals surface area contributed by atoms with Gasteiger partial charge in [0.15, 0.2) is 5.79 Å². The predicted molar refractivity (Wildman–Crippen MR) is 54.4 cm³/mol. The maximum atomic E-state index is 9.82. The average molecular weight is 213 g/mol. The number of aliphatic hydroxyl groups excluding tert-OH is 1. The van der Waals surface area contributed by atoms with Gasteiger partial charge >= 0.3 is 0 Å². The molecule has 1 N–H and O–H groups in total. The van der Waals surface area contributed by atoms with Gasteiger partial charge in [-0.2, -0.15) is 0 Å². The lowest BCUT2D eigenvalue weighted by molar-refractivity contribution is -0.160. The maximum absolute atomic E-state index is 9.82. The fraction of sp³-hybridized carbons (Fsp3) is 1.00. The topological polar surface area (TPSA) is 41.9 Å². The summed E-state index contributed by atoms with van der Waals surface area (Å²) in [6.07, 6.45) is 0.963. The molecule has 4 nitrogen and oxygen atoms in total. The number of hydrogen-bond acceptors (Lipinski definition) is 4. The van der Waals surface area contributed by atoms with Gasteiger partial charge in [-0.25, -0.2) is 0 Å². The van der Waals surface area contributed by atoms with Gasteiger partial charge in [0.1, 0.15) is 12.2 Å². The first-order chi connectivity index (χ1) is 6.98. The molecule has 0 aliphatic carbocycles. The quantitative estimate of drug-likeness (QED) is 0.630. The van der Waals surface area contributed by atoms with Gasteiger partial charge in [-0.3, -0.25) is 4.90 Å². The fourth-order valence-electron chi connectivity index (χ4n) is 3.27. The summed E-state index contributed by atoms with van der Waals surface area (Å²) < 4.78 is 11.8. The van der Waals surface area contributed by atoms with E-state index in [9.17, 15) is 5.11 Å². The second-order valence-corrected chi connectivity index (χ2v) is 5.45. The molecule has 5 atom stereocenters. The number of aliphatic hydroxyl groups is 1. The largest absolute Gasteiger partial charge is 0.391 e. The van der Waals surface area contributed by atoms with Crippen molar-refractivity contribution >= 4 is 0 Å². The Balaban J connectivity index is 1.80. The average Bonchev–Trinajstić information content (AvgIpc) is 2.66. The molecule has 0 aromatic heterocycles. The molecule has 0 amide bonds. The molecule has 3 rings (SSSR count). The minimum absolute atomic E-state index is 0.152. The Labute approximate surface area is 90.2 Å². The van der Waals surface area contributed by atoms with Crippen LogP contribution in [0.25, 0.3) is 0 Å². The molecule has 0 aromatic rings. The van der Waals surface area contributed by atoms with E-state index in [1.54, 1.807) is 0 Å². The third-order valence-electron chi connectivity index (χ3n) is 3.98. The first kappa shape index (κ1) is 10.0. The van der Waals surface area contributed by atoms with Crippen molar-refractivity contribution in [3.8, 4) is 0 Å². The molecule has 0 saturated carbocycles. The summed E-state index contributed by atoms with van der Waals surface area (Å²) >= 11 is 0. The van der Waals surface area contributed by atoms with E-state index in [-0.39, 0.29) is 24.4 Å². The zero-order valence-electron chi connectivity index (χ0n) is 9.51. The van der Waals surface area contributed by atoms with E-state index in [1.165, 1.54) is 0 Å². The van der Waals surface area contributed by atoms with Crippen LogP contribution >= 0.6 is 0 Å². The van der Waals surface area contributed by atoms with Gasteiger partial charge in [-0.1, -0.05) is 0 Å². The van der Waals surface area contributed by atoms with Crippen LogP contribution in [0.2, 0.25) is 0 Å². The third-order valence-corrected chi connectivity index (χ3v) is 3.98. The van der Waals surface area contributed by atoms with Crippen molar-refractivity contribution in [2.75, 3.05) is 6.54 Å². The summed E-state index contributed by atoms with van der Waals surface area (Å²) in [5.74, 6) is -0.446. The monoisotopic (exact) mass is 213 g/mol. The first-order valence-electron chi connectivity index (χ1n) is 5.77. The molecule has 3 aliphatic heterocycles. The molecule has 0 aromatic carbocycles. The van der Waals surface area contributed by atoms with Gasteiger partial charge in [0, 0.05) is 18.6 Å². The number of rotatable bonds is 0. The third kappa shape index (κ3) is 1.35. The van der Waals surface area contributed by atoms with E-state index in [2.05, 4.69) is 11.8 Å². The zero-order valence-corrected chi connectivity index (χ0v) is 9.51. The van der Waals surface area contributed by atoms with E-state index < -0.39 is 5.79 Å². The molecule has 3 heterocycles. The molecule has 3 fully saturated rings. The van der Waals surface area contributed by atoms with Crippen LogP contribution in [-0.4, -0.2) is 52.7 Å². The van der Waals surface area contributed by atoms with Crippen LogP contribution in [0.15, 0.2) is 0 Å². The highest BCUT2D eigenvalue weighted by molar-refractivity contribution is 5.07. The standard InChI is InChI=1S/C11H19NO3/c1-6-8(13)4-7-10-9(5-12(6)7)14-11(2,3)15-10/h6-10,13H,4-5H2,1-3H3/t6-,7+,8-,9-,10+/m0/s1. The Morgan fingerprint density at radius 2 is 2.07 bits per heavy atom. The minimum atomic E-state index is -0.446. The summed E-state index contributed by atoms with van der Waals surface area (Å²) in [5.41, 5.74) is 0. The Morgan fingerprint density at radius 3 is 2.80 bits per heavy atom. The van der Waals surface area contributed by atoms with Gasteiger partial charge < -0.3 is 14.6 Å². The van der Waals surface area contributed by atoms with E-state index in [0.717, 1.165) is 13.0 Å². The second kappa shape index (κ2) is 2.94. The number of fused-ring (bicyclic) bond motifs is 3. The molecule has 86 valence electrons. The SMILES string of the molecule is C[C@H]1[C@@H](O)C[C@@H]2[C@H]3OC(C)(C)O[C@H]3CN21. The van der Waals surface area contributed by atoms with E-state index in [0.29, 0.717) is 6.04 Å². The van der Waals surface area contributed by atoms with Gasteiger partial charge in [0.25, 0.3) is 0 Å². The van der Waals surface area contributed by atoms with Gasteiger partial charge in [-0.15, -0.1) is 0 Å². The lowest BCUT2D eigenvalue weighted by Crippen LogP contribution is -2.37. The molecule has 3 aliphatic rings. The Kier molecular flexibility index (Phi) is 1.97. The van der Waals surface area contributed by atoms with Crippen LogP contribution in [0.3, 0.4) is 0 Å². The van der Waals surface area contributed by atoms with Crippen LogP contribution < -0.4 is 0 Å². The van der Waals surface area contributed by atoms with E-state index >= 15 is 0 Å². The zero-order chi connectivity index (χ0) is 10.8. The van der Waals surface area contributed by atoms with Crippen molar-refractivity contribution in [1.82, 2.24) is 4.90 Å². The summed E-state index contributed by atoms with van der Waals surface area (Å²) in [5, 5.41) is 9.82. The van der Waals surface area contributed by atoms with Crippen LogP contribution in [0.4, 0.5) is 0 Å². The number of ether oxygens (including phenoxy) is 2. The Morgan fingerprint density at radius 1 is 1.33 bits per heavy atom. The second-order valence-electron chi connectivity index (χ2n) is 5.45. The molecule has 0 bridgehead atoms. The van der Waals surface area contributed by atoms with Crippen LogP contribution in [0, 0.1) is 0 Å². The molecule has 0 spiro atoms. The minimum Gasteiger partial charge on any atom is -0.391 e.